The Labute approximate surface area is 93.8 Å². The Balaban J connectivity index is 3.04. The predicted octanol–water partition coefficient (Wildman–Crippen LogP) is 4.56. The molecule has 0 aliphatic rings. The van der Waals surface area contributed by atoms with E-state index in [2.05, 4.69) is 0 Å². The van der Waals surface area contributed by atoms with E-state index in [1.807, 2.05) is 32.9 Å². The fourth-order valence-corrected chi connectivity index (χ4v) is 1.60. The maximum atomic E-state index is 12.4. The quantitative estimate of drug-likeness (QED) is 0.651. The molecule has 0 saturated carbocycles. The van der Waals surface area contributed by atoms with E-state index in [4.69, 9.17) is 0 Å². The second kappa shape index (κ2) is 4.32. The highest BCUT2D eigenvalue weighted by Gasteiger charge is 2.30. The van der Waals surface area contributed by atoms with Gasteiger partial charge in [0.15, 0.2) is 0 Å². The molecule has 0 aliphatic carbocycles. The van der Waals surface area contributed by atoms with E-state index in [0.29, 0.717) is 0 Å². The third-order valence-corrected chi connectivity index (χ3v) is 2.54. The van der Waals surface area contributed by atoms with Crippen molar-refractivity contribution in [2.75, 3.05) is 0 Å². The number of hydrogen-bond acceptors (Lipinski definition) is 0. The summed E-state index contributed by atoms with van der Waals surface area (Å²) in [6.07, 6.45) is -0.392. The monoisotopic (exact) mass is 228 g/mol. The minimum absolute atomic E-state index is 0.237. The Morgan fingerprint density at radius 1 is 0.938 bits per heavy atom. The Hall–Kier alpha value is -1.25. The zero-order valence-electron chi connectivity index (χ0n) is 9.60. The van der Waals surface area contributed by atoms with Crippen molar-refractivity contribution < 1.29 is 13.2 Å². The molecule has 0 saturated heterocycles. The van der Waals surface area contributed by atoms with Crippen LogP contribution in [-0.2, 0) is 11.6 Å². The fraction of sp³-hybridized carbons (Fsp3) is 0.385. The van der Waals surface area contributed by atoms with Gasteiger partial charge in [0.2, 0.25) is 0 Å². The molecule has 0 heterocycles. The maximum absolute atomic E-state index is 12.4. The van der Waals surface area contributed by atoms with E-state index in [-0.39, 0.29) is 5.41 Å². The molecule has 0 bridgehead atoms. The average Bonchev–Trinajstić information content (AvgIpc) is 2.16. The lowest BCUT2D eigenvalue weighted by molar-refractivity contribution is -0.137. The van der Waals surface area contributed by atoms with Crippen molar-refractivity contribution in [3.63, 3.8) is 0 Å². The topological polar surface area (TPSA) is 0 Å². The molecule has 0 N–H and O–H groups in total. The van der Waals surface area contributed by atoms with Crippen LogP contribution in [0.3, 0.4) is 0 Å². The van der Waals surface area contributed by atoms with E-state index >= 15 is 0 Å². The molecule has 1 aromatic carbocycles. The molecule has 0 aliphatic heterocycles. The molecule has 0 fully saturated rings. The summed E-state index contributed by atoms with van der Waals surface area (Å²) in [5.74, 6) is 0. The van der Waals surface area contributed by atoms with Crippen LogP contribution in [0.5, 0.6) is 0 Å². The summed E-state index contributed by atoms with van der Waals surface area (Å²) in [7, 11) is 0. The largest absolute Gasteiger partial charge is 0.416 e. The second-order valence-electron chi connectivity index (χ2n) is 4.30. The zero-order valence-corrected chi connectivity index (χ0v) is 9.60. The minimum Gasteiger partial charge on any atom is -0.166 e. The van der Waals surface area contributed by atoms with E-state index in [1.54, 1.807) is 0 Å². The van der Waals surface area contributed by atoms with Gasteiger partial charge in [-0.25, -0.2) is 0 Å². The third-order valence-electron chi connectivity index (χ3n) is 2.54. The molecule has 16 heavy (non-hydrogen) atoms. The van der Waals surface area contributed by atoms with Crippen LogP contribution in [0.2, 0.25) is 0 Å². The van der Waals surface area contributed by atoms with Gasteiger partial charge in [0.1, 0.15) is 0 Å². The highest BCUT2D eigenvalue weighted by atomic mass is 19.4. The number of hydrogen-bond donors (Lipinski definition) is 0. The standard InChI is InChI=1S/C13H15F3/c1-4-9-12(2,3)10-5-7-11(8-6-10)13(14,15)16/h4-9H,1-3H3. The molecular formula is C13H15F3. The summed E-state index contributed by atoms with van der Waals surface area (Å²) >= 11 is 0. The van der Waals surface area contributed by atoms with Gasteiger partial charge in [-0.15, -0.1) is 0 Å². The van der Waals surface area contributed by atoms with Crippen molar-refractivity contribution >= 4 is 0 Å². The molecule has 3 heteroatoms. The first-order valence-corrected chi connectivity index (χ1v) is 5.09. The maximum Gasteiger partial charge on any atom is 0.416 e. The molecule has 0 atom stereocenters. The molecule has 1 aromatic rings. The number of allylic oxidation sites excluding steroid dienone is 2. The van der Waals surface area contributed by atoms with Gasteiger partial charge < -0.3 is 0 Å². The van der Waals surface area contributed by atoms with Crippen LogP contribution in [0.1, 0.15) is 31.9 Å². The predicted molar refractivity (Wildman–Crippen MR) is 59.3 cm³/mol. The van der Waals surface area contributed by atoms with Gasteiger partial charge in [-0.1, -0.05) is 38.1 Å². The van der Waals surface area contributed by atoms with Crippen molar-refractivity contribution in [2.45, 2.75) is 32.4 Å². The van der Waals surface area contributed by atoms with Gasteiger partial charge in [0, 0.05) is 5.41 Å². The van der Waals surface area contributed by atoms with Crippen LogP contribution in [0.4, 0.5) is 13.2 Å². The summed E-state index contributed by atoms with van der Waals surface area (Å²) in [4.78, 5) is 0. The summed E-state index contributed by atoms with van der Waals surface area (Å²) in [6, 6.07) is 5.31. The van der Waals surface area contributed by atoms with Gasteiger partial charge in [-0.3, -0.25) is 0 Å². The van der Waals surface area contributed by atoms with E-state index in [1.165, 1.54) is 12.1 Å². The van der Waals surface area contributed by atoms with Crippen molar-refractivity contribution in [1.29, 1.82) is 0 Å². The molecule has 0 spiro atoms. The second-order valence-corrected chi connectivity index (χ2v) is 4.30. The van der Waals surface area contributed by atoms with Gasteiger partial charge in [-0.2, -0.15) is 13.2 Å². The number of benzene rings is 1. The van der Waals surface area contributed by atoms with Gasteiger partial charge >= 0.3 is 6.18 Å². The molecule has 1 rings (SSSR count). The van der Waals surface area contributed by atoms with Gasteiger partial charge in [0.25, 0.3) is 0 Å². The lowest BCUT2D eigenvalue weighted by Gasteiger charge is -2.21. The fourth-order valence-electron chi connectivity index (χ4n) is 1.60. The molecule has 88 valence electrons. The highest BCUT2D eigenvalue weighted by Crippen LogP contribution is 2.31. The first kappa shape index (κ1) is 12.8. The van der Waals surface area contributed by atoms with Crippen LogP contribution in [0.15, 0.2) is 36.4 Å². The number of rotatable bonds is 2. The smallest absolute Gasteiger partial charge is 0.166 e. The van der Waals surface area contributed by atoms with E-state index in [9.17, 15) is 13.2 Å². The SMILES string of the molecule is CC=CC(C)(C)c1ccc(C(F)(F)F)cc1. The van der Waals surface area contributed by atoms with Crippen LogP contribution in [0.25, 0.3) is 0 Å². The van der Waals surface area contributed by atoms with Gasteiger partial charge in [0.05, 0.1) is 5.56 Å². The van der Waals surface area contributed by atoms with Crippen LogP contribution >= 0.6 is 0 Å². The number of halogens is 3. The first-order chi connectivity index (χ1) is 7.27. The van der Waals surface area contributed by atoms with Crippen molar-refractivity contribution in [3.8, 4) is 0 Å². The minimum atomic E-state index is -4.26. The first-order valence-electron chi connectivity index (χ1n) is 5.09. The Morgan fingerprint density at radius 3 is 1.75 bits per heavy atom. The highest BCUT2D eigenvalue weighted by molar-refractivity contribution is 5.32. The molecule has 0 radical (unpaired) electrons. The molecule has 0 aromatic heterocycles. The van der Waals surface area contributed by atoms with Crippen molar-refractivity contribution in [1.82, 2.24) is 0 Å². The number of alkyl halides is 3. The summed E-state index contributed by atoms with van der Waals surface area (Å²) in [5, 5.41) is 0. The lowest BCUT2D eigenvalue weighted by atomic mass is 9.84. The van der Waals surface area contributed by atoms with E-state index in [0.717, 1.165) is 17.7 Å². The van der Waals surface area contributed by atoms with Gasteiger partial charge in [-0.05, 0) is 24.6 Å². The average molecular weight is 228 g/mol. The van der Waals surface area contributed by atoms with Crippen LogP contribution < -0.4 is 0 Å². The lowest BCUT2D eigenvalue weighted by Crippen LogP contribution is -2.14. The summed E-state index contributed by atoms with van der Waals surface area (Å²) in [6.45, 7) is 5.83. The van der Waals surface area contributed by atoms with Crippen molar-refractivity contribution in [2.24, 2.45) is 0 Å². The Morgan fingerprint density at radius 2 is 1.38 bits per heavy atom. The zero-order chi connectivity index (χ0) is 12.4. The van der Waals surface area contributed by atoms with E-state index < -0.39 is 11.7 Å². The summed E-state index contributed by atoms with van der Waals surface area (Å²) < 4.78 is 37.1. The molecule has 0 nitrogen and oxygen atoms in total. The van der Waals surface area contributed by atoms with Crippen LogP contribution in [-0.4, -0.2) is 0 Å². The third kappa shape index (κ3) is 2.87. The normalized spacial score (nSPS) is 13.4. The van der Waals surface area contributed by atoms with Crippen LogP contribution in [0, 0.1) is 0 Å². The Bertz CT molecular complexity index is 369. The molecule has 0 amide bonds. The molecule has 0 unspecified atom stereocenters. The Kier molecular flexibility index (Phi) is 3.46. The van der Waals surface area contributed by atoms with Crippen molar-refractivity contribution in [3.05, 3.63) is 47.5 Å². The summed E-state index contributed by atoms with van der Waals surface area (Å²) in [5.41, 5.74) is 0.0323. The molecular weight excluding hydrogens is 213 g/mol.